The molecule has 1 unspecified atom stereocenters. The molecule has 3 nitrogen and oxygen atoms in total. The quantitative estimate of drug-likeness (QED) is 0.739. The van der Waals surface area contributed by atoms with Crippen molar-refractivity contribution in [1.82, 2.24) is 10.6 Å². The SMILES string of the molecule is C[C@H](NC(=O)C1CCNC1)C1CCCCCC1. The van der Waals surface area contributed by atoms with E-state index in [0.717, 1.165) is 19.5 Å². The van der Waals surface area contributed by atoms with Gasteiger partial charge in [0.2, 0.25) is 5.91 Å². The second-order valence-corrected chi connectivity index (χ2v) is 5.74. The number of rotatable bonds is 3. The second-order valence-electron chi connectivity index (χ2n) is 5.74. The van der Waals surface area contributed by atoms with Crippen molar-refractivity contribution in [3.05, 3.63) is 0 Å². The van der Waals surface area contributed by atoms with Gasteiger partial charge in [0.15, 0.2) is 0 Å². The van der Waals surface area contributed by atoms with E-state index in [9.17, 15) is 4.79 Å². The minimum absolute atomic E-state index is 0.211. The van der Waals surface area contributed by atoms with E-state index in [1.165, 1.54) is 38.5 Å². The molecule has 1 heterocycles. The fraction of sp³-hybridized carbons (Fsp3) is 0.929. The average molecular weight is 238 g/mol. The van der Waals surface area contributed by atoms with Crippen LogP contribution in [0, 0.1) is 11.8 Å². The number of carbonyl (C=O) groups is 1. The molecule has 1 amide bonds. The Morgan fingerprint density at radius 1 is 1.18 bits per heavy atom. The summed E-state index contributed by atoms with van der Waals surface area (Å²) in [5.41, 5.74) is 0. The highest BCUT2D eigenvalue weighted by atomic mass is 16.2. The Bertz CT molecular complexity index is 241. The molecule has 1 saturated heterocycles. The van der Waals surface area contributed by atoms with Gasteiger partial charge >= 0.3 is 0 Å². The number of nitrogens with one attached hydrogen (secondary N) is 2. The summed E-state index contributed by atoms with van der Waals surface area (Å²) in [6, 6.07) is 0.362. The van der Waals surface area contributed by atoms with Gasteiger partial charge in [0, 0.05) is 12.6 Å². The number of amides is 1. The Morgan fingerprint density at radius 3 is 2.47 bits per heavy atom. The smallest absolute Gasteiger partial charge is 0.224 e. The van der Waals surface area contributed by atoms with E-state index in [2.05, 4.69) is 17.6 Å². The maximum Gasteiger partial charge on any atom is 0.224 e. The molecule has 0 bridgehead atoms. The van der Waals surface area contributed by atoms with E-state index in [1.807, 2.05) is 0 Å². The van der Waals surface area contributed by atoms with Crippen molar-refractivity contribution in [3.63, 3.8) is 0 Å². The average Bonchev–Trinajstić information content (AvgIpc) is 2.71. The van der Waals surface area contributed by atoms with Gasteiger partial charge in [-0.15, -0.1) is 0 Å². The van der Waals surface area contributed by atoms with E-state index >= 15 is 0 Å². The lowest BCUT2D eigenvalue weighted by Gasteiger charge is -2.24. The molecule has 0 radical (unpaired) electrons. The van der Waals surface area contributed by atoms with E-state index in [0.29, 0.717) is 12.0 Å². The lowest BCUT2D eigenvalue weighted by molar-refractivity contribution is -0.125. The van der Waals surface area contributed by atoms with Crippen LogP contribution in [0.15, 0.2) is 0 Å². The van der Waals surface area contributed by atoms with Gasteiger partial charge in [0.1, 0.15) is 0 Å². The normalized spacial score (nSPS) is 28.6. The largest absolute Gasteiger partial charge is 0.353 e. The molecule has 1 saturated carbocycles. The molecular formula is C14H26N2O. The summed E-state index contributed by atoms with van der Waals surface area (Å²) in [4.78, 5) is 12.0. The van der Waals surface area contributed by atoms with Gasteiger partial charge in [-0.2, -0.15) is 0 Å². The molecule has 2 aliphatic rings. The highest BCUT2D eigenvalue weighted by Gasteiger charge is 2.26. The standard InChI is InChI=1S/C14H26N2O/c1-11(12-6-4-2-3-5-7-12)16-14(17)13-8-9-15-10-13/h11-13,15H,2-10H2,1H3,(H,16,17)/t11-,13?/m0/s1. The molecular weight excluding hydrogens is 212 g/mol. The molecule has 1 aliphatic heterocycles. The highest BCUT2D eigenvalue weighted by Crippen LogP contribution is 2.25. The minimum atomic E-state index is 0.211. The van der Waals surface area contributed by atoms with Crippen LogP contribution in [-0.2, 0) is 4.79 Å². The van der Waals surface area contributed by atoms with Crippen LogP contribution >= 0.6 is 0 Å². The van der Waals surface area contributed by atoms with Crippen molar-refractivity contribution in [2.24, 2.45) is 11.8 Å². The molecule has 1 aliphatic carbocycles. The lowest BCUT2D eigenvalue weighted by atomic mass is 9.92. The van der Waals surface area contributed by atoms with Gasteiger partial charge in [-0.25, -0.2) is 0 Å². The predicted octanol–water partition coefficient (Wildman–Crippen LogP) is 2.07. The number of hydrogen-bond donors (Lipinski definition) is 2. The first-order chi connectivity index (χ1) is 8.27. The Hall–Kier alpha value is -0.570. The molecule has 2 fully saturated rings. The van der Waals surface area contributed by atoms with Gasteiger partial charge in [0.25, 0.3) is 0 Å². The van der Waals surface area contributed by atoms with Crippen LogP contribution in [0.3, 0.4) is 0 Å². The van der Waals surface area contributed by atoms with Crippen LogP contribution in [-0.4, -0.2) is 25.0 Å². The van der Waals surface area contributed by atoms with Crippen molar-refractivity contribution in [3.8, 4) is 0 Å². The molecule has 0 spiro atoms. The number of carbonyl (C=O) groups excluding carboxylic acids is 1. The van der Waals surface area contributed by atoms with Crippen LogP contribution in [0.5, 0.6) is 0 Å². The van der Waals surface area contributed by atoms with Crippen LogP contribution in [0.2, 0.25) is 0 Å². The summed E-state index contributed by atoms with van der Waals surface area (Å²) in [6.45, 7) is 4.05. The number of hydrogen-bond acceptors (Lipinski definition) is 2. The molecule has 0 aromatic rings. The predicted molar refractivity (Wildman–Crippen MR) is 69.8 cm³/mol. The molecule has 0 aromatic carbocycles. The lowest BCUT2D eigenvalue weighted by Crippen LogP contribution is -2.41. The van der Waals surface area contributed by atoms with E-state index < -0.39 is 0 Å². The zero-order valence-corrected chi connectivity index (χ0v) is 11.0. The summed E-state index contributed by atoms with van der Waals surface area (Å²) in [5, 5.41) is 6.50. The van der Waals surface area contributed by atoms with Crippen molar-refractivity contribution in [1.29, 1.82) is 0 Å². The first-order valence-electron chi connectivity index (χ1n) is 7.28. The Morgan fingerprint density at radius 2 is 1.88 bits per heavy atom. The molecule has 2 N–H and O–H groups in total. The van der Waals surface area contributed by atoms with Crippen molar-refractivity contribution >= 4 is 5.91 Å². The summed E-state index contributed by atoms with van der Waals surface area (Å²) in [7, 11) is 0. The second kappa shape index (κ2) is 6.39. The fourth-order valence-electron chi connectivity index (χ4n) is 3.15. The Labute approximate surface area is 105 Å². The van der Waals surface area contributed by atoms with Crippen molar-refractivity contribution in [2.75, 3.05) is 13.1 Å². The van der Waals surface area contributed by atoms with Gasteiger partial charge in [-0.3, -0.25) is 4.79 Å². The van der Waals surface area contributed by atoms with Gasteiger partial charge in [0.05, 0.1) is 5.92 Å². The summed E-state index contributed by atoms with van der Waals surface area (Å²) in [6.07, 6.45) is 9.04. The van der Waals surface area contributed by atoms with Crippen LogP contribution < -0.4 is 10.6 Å². The monoisotopic (exact) mass is 238 g/mol. The third-order valence-electron chi connectivity index (χ3n) is 4.41. The first kappa shape index (κ1) is 12.9. The molecule has 3 heteroatoms. The van der Waals surface area contributed by atoms with Crippen LogP contribution in [0.25, 0.3) is 0 Å². The molecule has 0 aromatic heterocycles. The topological polar surface area (TPSA) is 41.1 Å². The maximum absolute atomic E-state index is 12.0. The molecule has 98 valence electrons. The van der Waals surface area contributed by atoms with E-state index in [-0.39, 0.29) is 11.8 Å². The highest BCUT2D eigenvalue weighted by molar-refractivity contribution is 5.79. The first-order valence-corrected chi connectivity index (χ1v) is 7.28. The molecule has 2 atom stereocenters. The molecule has 2 rings (SSSR count). The van der Waals surface area contributed by atoms with E-state index in [4.69, 9.17) is 0 Å². The van der Waals surface area contributed by atoms with E-state index in [1.54, 1.807) is 0 Å². The fourth-order valence-corrected chi connectivity index (χ4v) is 3.15. The van der Waals surface area contributed by atoms with Crippen LogP contribution in [0.4, 0.5) is 0 Å². The van der Waals surface area contributed by atoms with Gasteiger partial charge < -0.3 is 10.6 Å². The Kier molecular flexibility index (Phi) is 4.84. The Balaban J connectivity index is 1.78. The van der Waals surface area contributed by atoms with Crippen LogP contribution in [0.1, 0.15) is 51.9 Å². The minimum Gasteiger partial charge on any atom is -0.353 e. The third-order valence-corrected chi connectivity index (χ3v) is 4.41. The van der Waals surface area contributed by atoms with Gasteiger partial charge in [-0.05, 0) is 38.6 Å². The third kappa shape index (κ3) is 3.70. The summed E-state index contributed by atoms with van der Waals surface area (Å²) in [5.74, 6) is 1.19. The zero-order chi connectivity index (χ0) is 12.1. The zero-order valence-electron chi connectivity index (χ0n) is 11.0. The van der Waals surface area contributed by atoms with Crippen molar-refractivity contribution in [2.45, 2.75) is 57.9 Å². The summed E-state index contributed by atoms with van der Waals surface area (Å²) < 4.78 is 0. The molecule has 17 heavy (non-hydrogen) atoms. The van der Waals surface area contributed by atoms with Crippen molar-refractivity contribution < 1.29 is 4.79 Å². The summed E-state index contributed by atoms with van der Waals surface area (Å²) >= 11 is 0. The van der Waals surface area contributed by atoms with Gasteiger partial charge in [-0.1, -0.05) is 25.7 Å². The maximum atomic E-state index is 12.0.